The Hall–Kier alpha value is -2.38. The van der Waals surface area contributed by atoms with Gasteiger partial charge in [-0.15, -0.1) is 0 Å². The standard InChI is InChI=1S/C12H19N7O/c1-4-14-11-16-9(7-6-15-19-10(7)17-11)18-12(2,3)5-8(13)20/h6H,4-5H2,1-3H3,(H2,13,20)(H3,14,15,16,17,18,19). The van der Waals surface area contributed by atoms with Gasteiger partial charge in [0.2, 0.25) is 11.9 Å². The number of hydrogen-bond donors (Lipinski definition) is 4. The van der Waals surface area contributed by atoms with Crippen LogP contribution in [0.2, 0.25) is 0 Å². The van der Waals surface area contributed by atoms with Crippen molar-refractivity contribution in [1.29, 1.82) is 0 Å². The second kappa shape index (κ2) is 5.32. The van der Waals surface area contributed by atoms with E-state index in [4.69, 9.17) is 5.73 Å². The molecule has 0 atom stereocenters. The fourth-order valence-electron chi connectivity index (χ4n) is 1.97. The molecule has 0 aromatic carbocycles. The van der Waals surface area contributed by atoms with E-state index in [0.29, 0.717) is 24.0 Å². The Kier molecular flexibility index (Phi) is 3.73. The summed E-state index contributed by atoms with van der Waals surface area (Å²) in [7, 11) is 0. The maximum absolute atomic E-state index is 11.1. The Morgan fingerprint density at radius 2 is 2.20 bits per heavy atom. The van der Waals surface area contributed by atoms with Crippen LogP contribution in [0, 0.1) is 0 Å². The van der Waals surface area contributed by atoms with Gasteiger partial charge in [-0.2, -0.15) is 15.1 Å². The Balaban J connectivity index is 2.36. The minimum absolute atomic E-state index is 0.201. The van der Waals surface area contributed by atoms with Crippen molar-refractivity contribution in [3.63, 3.8) is 0 Å². The van der Waals surface area contributed by atoms with Crippen LogP contribution < -0.4 is 16.4 Å². The number of carbonyl (C=O) groups excluding carboxylic acids is 1. The van der Waals surface area contributed by atoms with Crippen molar-refractivity contribution >= 4 is 28.7 Å². The van der Waals surface area contributed by atoms with Gasteiger partial charge in [-0.3, -0.25) is 9.89 Å². The van der Waals surface area contributed by atoms with Gasteiger partial charge in [-0.05, 0) is 20.8 Å². The molecule has 0 saturated heterocycles. The number of fused-ring (bicyclic) bond motifs is 1. The van der Waals surface area contributed by atoms with Gasteiger partial charge in [-0.1, -0.05) is 0 Å². The number of anilines is 2. The van der Waals surface area contributed by atoms with Gasteiger partial charge in [0.05, 0.1) is 11.6 Å². The van der Waals surface area contributed by atoms with E-state index in [0.717, 1.165) is 5.39 Å². The minimum Gasteiger partial charge on any atom is -0.370 e. The number of aromatic nitrogens is 4. The zero-order valence-corrected chi connectivity index (χ0v) is 11.8. The van der Waals surface area contributed by atoms with Crippen molar-refractivity contribution in [1.82, 2.24) is 20.2 Å². The zero-order valence-electron chi connectivity index (χ0n) is 11.8. The second-order valence-corrected chi connectivity index (χ2v) is 5.21. The van der Waals surface area contributed by atoms with Gasteiger partial charge >= 0.3 is 0 Å². The number of H-pyrrole nitrogens is 1. The second-order valence-electron chi connectivity index (χ2n) is 5.21. The zero-order chi connectivity index (χ0) is 14.8. The molecule has 0 aliphatic carbocycles. The van der Waals surface area contributed by atoms with Crippen molar-refractivity contribution in [2.75, 3.05) is 17.2 Å². The Labute approximate surface area is 116 Å². The van der Waals surface area contributed by atoms with Crippen molar-refractivity contribution in [3.05, 3.63) is 6.20 Å². The smallest absolute Gasteiger partial charge is 0.226 e. The molecule has 0 bridgehead atoms. The molecule has 1 amide bonds. The molecule has 0 unspecified atom stereocenters. The number of nitrogens with one attached hydrogen (secondary N) is 3. The molecular formula is C12H19N7O. The molecule has 0 saturated carbocycles. The Bertz CT molecular complexity index is 619. The highest BCUT2D eigenvalue weighted by Gasteiger charge is 2.22. The first-order valence-corrected chi connectivity index (χ1v) is 6.43. The van der Waals surface area contributed by atoms with Crippen LogP contribution in [0.25, 0.3) is 11.0 Å². The average molecular weight is 277 g/mol. The summed E-state index contributed by atoms with van der Waals surface area (Å²) >= 11 is 0. The first kappa shape index (κ1) is 14.0. The lowest BCUT2D eigenvalue weighted by atomic mass is 10.0. The lowest BCUT2D eigenvalue weighted by molar-refractivity contribution is -0.118. The molecule has 0 spiro atoms. The average Bonchev–Trinajstić information content (AvgIpc) is 2.75. The Morgan fingerprint density at radius 3 is 2.85 bits per heavy atom. The van der Waals surface area contributed by atoms with E-state index in [-0.39, 0.29) is 12.3 Å². The summed E-state index contributed by atoms with van der Waals surface area (Å²) < 4.78 is 0. The van der Waals surface area contributed by atoms with Crippen LogP contribution in [0.4, 0.5) is 11.8 Å². The molecule has 0 aliphatic rings. The van der Waals surface area contributed by atoms with Crippen LogP contribution >= 0.6 is 0 Å². The number of nitrogens with zero attached hydrogens (tertiary/aromatic N) is 3. The van der Waals surface area contributed by atoms with Crippen molar-refractivity contribution in [2.45, 2.75) is 32.7 Å². The highest BCUT2D eigenvalue weighted by Crippen LogP contribution is 2.24. The lowest BCUT2D eigenvalue weighted by Crippen LogP contribution is -2.36. The molecule has 2 aromatic rings. The first-order valence-electron chi connectivity index (χ1n) is 6.43. The molecule has 2 aromatic heterocycles. The summed E-state index contributed by atoms with van der Waals surface area (Å²) in [6.45, 7) is 6.45. The number of rotatable bonds is 6. The van der Waals surface area contributed by atoms with Crippen LogP contribution in [-0.2, 0) is 4.79 Å². The van der Waals surface area contributed by atoms with E-state index in [1.807, 2.05) is 20.8 Å². The third kappa shape index (κ3) is 3.14. The molecule has 2 heterocycles. The van der Waals surface area contributed by atoms with Crippen LogP contribution in [0.5, 0.6) is 0 Å². The largest absolute Gasteiger partial charge is 0.370 e. The van der Waals surface area contributed by atoms with Crippen LogP contribution in [0.15, 0.2) is 6.20 Å². The van der Waals surface area contributed by atoms with Crippen molar-refractivity contribution in [2.24, 2.45) is 5.73 Å². The minimum atomic E-state index is -0.506. The molecule has 0 radical (unpaired) electrons. The lowest BCUT2D eigenvalue weighted by Gasteiger charge is -2.25. The summed E-state index contributed by atoms with van der Waals surface area (Å²) in [5.41, 5.74) is 5.39. The van der Waals surface area contributed by atoms with E-state index in [1.54, 1.807) is 6.20 Å². The van der Waals surface area contributed by atoms with Gasteiger partial charge in [0, 0.05) is 18.5 Å². The fraction of sp³-hybridized carbons (Fsp3) is 0.500. The SMILES string of the molecule is CCNc1nc(NC(C)(C)CC(N)=O)c2cn[nH]c2n1. The van der Waals surface area contributed by atoms with E-state index >= 15 is 0 Å². The molecule has 0 aliphatic heterocycles. The number of nitrogens with two attached hydrogens (primary N) is 1. The van der Waals surface area contributed by atoms with Crippen LogP contribution in [-0.4, -0.2) is 38.2 Å². The normalized spacial score (nSPS) is 11.6. The third-order valence-corrected chi connectivity index (χ3v) is 2.72. The van der Waals surface area contributed by atoms with Gasteiger partial charge in [-0.25, -0.2) is 0 Å². The third-order valence-electron chi connectivity index (χ3n) is 2.72. The molecule has 108 valence electrons. The molecule has 8 heteroatoms. The topological polar surface area (TPSA) is 122 Å². The molecule has 5 N–H and O–H groups in total. The molecular weight excluding hydrogens is 258 g/mol. The summed E-state index contributed by atoms with van der Waals surface area (Å²) in [4.78, 5) is 19.8. The maximum atomic E-state index is 11.1. The van der Waals surface area contributed by atoms with Crippen LogP contribution in [0.3, 0.4) is 0 Å². The molecule has 8 nitrogen and oxygen atoms in total. The molecule has 0 fully saturated rings. The first-order chi connectivity index (χ1) is 9.41. The van der Waals surface area contributed by atoms with Gasteiger partial charge in [0.1, 0.15) is 5.82 Å². The number of amides is 1. The number of primary amides is 1. The van der Waals surface area contributed by atoms with Gasteiger partial charge in [0.25, 0.3) is 0 Å². The molecule has 2 rings (SSSR count). The van der Waals surface area contributed by atoms with E-state index < -0.39 is 5.54 Å². The van der Waals surface area contributed by atoms with Gasteiger partial charge in [0.15, 0.2) is 5.65 Å². The van der Waals surface area contributed by atoms with E-state index in [2.05, 4.69) is 30.8 Å². The van der Waals surface area contributed by atoms with Crippen molar-refractivity contribution in [3.8, 4) is 0 Å². The fourth-order valence-corrected chi connectivity index (χ4v) is 1.97. The maximum Gasteiger partial charge on any atom is 0.226 e. The highest BCUT2D eigenvalue weighted by molar-refractivity contribution is 5.87. The quantitative estimate of drug-likeness (QED) is 0.621. The number of aromatic amines is 1. The van der Waals surface area contributed by atoms with Crippen LogP contribution in [0.1, 0.15) is 27.2 Å². The number of hydrogen-bond acceptors (Lipinski definition) is 6. The predicted molar refractivity (Wildman–Crippen MR) is 77.4 cm³/mol. The highest BCUT2D eigenvalue weighted by atomic mass is 16.1. The molecule has 20 heavy (non-hydrogen) atoms. The summed E-state index contributed by atoms with van der Waals surface area (Å²) in [5, 5.41) is 13.8. The summed E-state index contributed by atoms with van der Waals surface area (Å²) in [5.74, 6) is 0.750. The summed E-state index contributed by atoms with van der Waals surface area (Å²) in [6.07, 6.45) is 1.85. The Morgan fingerprint density at radius 1 is 1.45 bits per heavy atom. The van der Waals surface area contributed by atoms with E-state index in [9.17, 15) is 4.79 Å². The summed E-state index contributed by atoms with van der Waals surface area (Å²) in [6, 6.07) is 0. The van der Waals surface area contributed by atoms with Gasteiger partial charge < -0.3 is 16.4 Å². The van der Waals surface area contributed by atoms with E-state index in [1.165, 1.54) is 0 Å². The predicted octanol–water partition coefficient (Wildman–Crippen LogP) is 0.851. The monoisotopic (exact) mass is 277 g/mol. The number of carbonyl (C=O) groups is 1. The van der Waals surface area contributed by atoms with Crippen molar-refractivity contribution < 1.29 is 4.79 Å².